The molecule has 0 unspecified atom stereocenters. The van der Waals surface area contributed by atoms with Crippen LogP contribution in [0.15, 0.2) is 36.5 Å². The Morgan fingerprint density at radius 2 is 1.77 bits per heavy atom. The van der Waals surface area contributed by atoms with Crippen molar-refractivity contribution in [3.8, 4) is 0 Å². The number of nitrogens with zero attached hydrogens (tertiary/aromatic N) is 4. The van der Waals surface area contributed by atoms with Gasteiger partial charge in [-0.15, -0.1) is 0 Å². The van der Waals surface area contributed by atoms with Crippen LogP contribution in [0.2, 0.25) is 0 Å². The Kier molecular flexibility index (Phi) is 2.46. The number of benzene rings is 1. The number of pyridine rings is 1. The zero-order valence-corrected chi connectivity index (χ0v) is 11.4. The van der Waals surface area contributed by atoms with E-state index in [4.69, 9.17) is 0 Å². The summed E-state index contributed by atoms with van der Waals surface area (Å²) in [6.45, 7) is 1.94. The number of halogens is 3. The summed E-state index contributed by atoms with van der Waals surface area (Å²) in [5.74, 6) is 0. The zero-order chi connectivity index (χ0) is 15.5. The molecule has 3 heterocycles. The van der Waals surface area contributed by atoms with Crippen LogP contribution in [0.1, 0.15) is 11.1 Å². The van der Waals surface area contributed by atoms with Gasteiger partial charge in [0.2, 0.25) is 0 Å². The highest BCUT2D eigenvalue weighted by Crippen LogP contribution is 2.31. The van der Waals surface area contributed by atoms with Gasteiger partial charge in [0, 0.05) is 6.20 Å². The second kappa shape index (κ2) is 4.16. The summed E-state index contributed by atoms with van der Waals surface area (Å²) < 4.78 is 40.1. The van der Waals surface area contributed by atoms with Crippen LogP contribution in [0.5, 0.6) is 0 Å². The molecule has 0 atom stereocenters. The first-order valence-electron chi connectivity index (χ1n) is 6.55. The number of hydrogen-bond donors (Lipinski definition) is 0. The third-order valence-corrected chi connectivity index (χ3v) is 3.49. The second-order valence-electron chi connectivity index (χ2n) is 5.12. The first-order valence-corrected chi connectivity index (χ1v) is 6.55. The molecule has 3 aromatic heterocycles. The van der Waals surface area contributed by atoms with Gasteiger partial charge >= 0.3 is 6.18 Å². The van der Waals surface area contributed by atoms with E-state index in [0.717, 1.165) is 17.7 Å². The third kappa shape index (κ3) is 1.89. The summed E-state index contributed by atoms with van der Waals surface area (Å²) in [6.07, 6.45) is -2.58. The highest BCUT2D eigenvalue weighted by molar-refractivity contribution is 5.85. The topological polar surface area (TPSA) is 43.1 Å². The molecule has 7 heteroatoms. The number of aromatic nitrogens is 4. The van der Waals surface area contributed by atoms with E-state index in [-0.39, 0.29) is 5.52 Å². The molecule has 0 bridgehead atoms. The van der Waals surface area contributed by atoms with E-state index < -0.39 is 11.7 Å². The lowest BCUT2D eigenvalue weighted by molar-refractivity contribution is -0.137. The van der Waals surface area contributed by atoms with E-state index >= 15 is 0 Å². The van der Waals surface area contributed by atoms with Gasteiger partial charge in [-0.05, 0) is 42.8 Å². The van der Waals surface area contributed by atoms with Crippen molar-refractivity contribution in [2.75, 3.05) is 0 Å². The molecule has 0 aliphatic rings. The molecule has 110 valence electrons. The van der Waals surface area contributed by atoms with E-state index in [2.05, 4.69) is 15.0 Å². The monoisotopic (exact) mass is 302 g/mol. The van der Waals surface area contributed by atoms with Gasteiger partial charge in [0.05, 0.1) is 16.6 Å². The maximum absolute atomic E-state index is 12.8. The average Bonchev–Trinajstić information content (AvgIpc) is 2.79. The quantitative estimate of drug-likeness (QED) is 0.497. The first kappa shape index (κ1) is 13.0. The zero-order valence-electron chi connectivity index (χ0n) is 11.4. The minimum atomic E-state index is -4.40. The lowest BCUT2D eigenvalue weighted by Gasteiger charge is -2.06. The molecule has 1 aromatic carbocycles. The normalized spacial score (nSPS) is 12.5. The van der Waals surface area contributed by atoms with Crippen molar-refractivity contribution in [1.82, 2.24) is 19.4 Å². The van der Waals surface area contributed by atoms with Gasteiger partial charge < -0.3 is 0 Å². The van der Waals surface area contributed by atoms with E-state index in [0.29, 0.717) is 22.5 Å². The fourth-order valence-electron chi connectivity index (χ4n) is 2.41. The van der Waals surface area contributed by atoms with E-state index in [1.54, 1.807) is 4.40 Å². The highest BCUT2D eigenvalue weighted by atomic mass is 19.4. The molecule has 0 spiro atoms. The Labute approximate surface area is 122 Å². The van der Waals surface area contributed by atoms with Gasteiger partial charge in [-0.3, -0.25) is 4.40 Å². The van der Waals surface area contributed by atoms with Crippen molar-refractivity contribution in [3.05, 3.63) is 47.7 Å². The smallest absolute Gasteiger partial charge is 0.283 e. The Balaban J connectivity index is 2.05. The SMILES string of the molecule is Cc1ccn2c(c1)nc1nc3cc(C(F)(F)F)ccc3nc12. The van der Waals surface area contributed by atoms with Crippen LogP contribution in [0.4, 0.5) is 13.2 Å². The summed E-state index contributed by atoms with van der Waals surface area (Å²) in [7, 11) is 0. The Morgan fingerprint density at radius 1 is 0.955 bits per heavy atom. The highest BCUT2D eigenvalue weighted by Gasteiger charge is 2.30. The molecule has 0 saturated carbocycles. The Hall–Kier alpha value is -2.70. The predicted molar refractivity (Wildman–Crippen MR) is 75.5 cm³/mol. The fraction of sp³-hybridized carbons (Fsp3) is 0.133. The van der Waals surface area contributed by atoms with Crippen LogP contribution in [-0.2, 0) is 6.18 Å². The molecule has 0 fully saturated rings. The molecule has 0 aliphatic heterocycles. The Bertz CT molecular complexity index is 1030. The summed E-state index contributed by atoms with van der Waals surface area (Å²) >= 11 is 0. The molecule has 0 N–H and O–H groups in total. The number of aryl methyl sites for hydroxylation is 1. The maximum Gasteiger partial charge on any atom is 0.416 e. The summed E-state index contributed by atoms with van der Waals surface area (Å²) in [5.41, 5.74) is 2.41. The van der Waals surface area contributed by atoms with Gasteiger partial charge in [0.15, 0.2) is 11.3 Å². The lowest BCUT2D eigenvalue weighted by Crippen LogP contribution is -2.04. The van der Waals surface area contributed by atoms with Gasteiger partial charge in [-0.1, -0.05) is 0 Å². The number of fused-ring (bicyclic) bond motifs is 4. The molecule has 0 aliphatic carbocycles. The first-order chi connectivity index (χ1) is 10.4. The summed E-state index contributed by atoms with van der Waals surface area (Å²) in [5, 5.41) is 0. The van der Waals surface area contributed by atoms with Crippen molar-refractivity contribution in [3.63, 3.8) is 0 Å². The second-order valence-corrected chi connectivity index (χ2v) is 5.12. The number of alkyl halides is 3. The predicted octanol–water partition coefficient (Wildman–Crippen LogP) is 3.76. The number of hydrogen-bond acceptors (Lipinski definition) is 3. The van der Waals surface area contributed by atoms with Crippen molar-refractivity contribution < 1.29 is 13.2 Å². The van der Waals surface area contributed by atoms with Gasteiger partial charge in [0.1, 0.15) is 5.65 Å². The van der Waals surface area contributed by atoms with Crippen LogP contribution >= 0.6 is 0 Å². The van der Waals surface area contributed by atoms with Gasteiger partial charge in [0.25, 0.3) is 0 Å². The average molecular weight is 302 g/mol. The van der Waals surface area contributed by atoms with Crippen LogP contribution in [0.25, 0.3) is 28.0 Å². The minimum Gasteiger partial charge on any atom is -0.283 e. The lowest BCUT2D eigenvalue weighted by atomic mass is 10.2. The van der Waals surface area contributed by atoms with E-state index in [9.17, 15) is 13.2 Å². The molecule has 0 amide bonds. The fourth-order valence-corrected chi connectivity index (χ4v) is 2.41. The van der Waals surface area contributed by atoms with E-state index in [1.807, 2.05) is 25.3 Å². The summed E-state index contributed by atoms with van der Waals surface area (Å²) in [6, 6.07) is 7.12. The summed E-state index contributed by atoms with van der Waals surface area (Å²) in [4.78, 5) is 12.9. The molecule has 0 radical (unpaired) electrons. The molecule has 0 saturated heterocycles. The maximum atomic E-state index is 12.8. The third-order valence-electron chi connectivity index (χ3n) is 3.49. The van der Waals surface area contributed by atoms with Crippen LogP contribution in [0, 0.1) is 6.92 Å². The molecule has 4 rings (SSSR count). The van der Waals surface area contributed by atoms with Crippen molar-refractivity contribution >= 4 is 28.0 Å². The molecule has 4 aromatic rings. The number of imidazole rings is 1. The molecule has 22 heavy (non-hydrogen) atoms. The van der Waals surface area contributed by atoms with Gasteiger partial charge in [-0.25, -0.2) is 15.0 Å². The van der Waals surface area contributed by atoms with Crippen LogP contribution < -0.4 is 0 Å². The Morgan fingerprint density at radius 3 is 2.55 bits per heavy atom. The number of rotatable bonds is 0. The molecular formula is C15H9F3N4. The van der Waals surface area contributed by atoms with Crippen LogP contribution in [-0.4, -0.2) is 19.4 Å². The van der Waals surface area contributed by atoms with Crippen molar-refractivity contribution in [2.24, 2.45) is 0 Å². The molecule has 4 nitrogen and oxygen atoms in total. The molecular weight excluding hydrogens is 293 g/mol. The largest absolute Gasteiger partial charge is 0.416 e. The van der Waals surface area contributed by atoms with E-state index in [1.165, 1.54) is 6.07 Å². The van der Waals surface area contributed by atoms with Gasteiger partial charge in [-0.2, -0.15) is 13.2 Å². The van der Waals surface area contributed by atoms with Crippen LogP contribution in [0.3, 0.4) is 0 Å². The van der Waals surface area contributed by atoms with Crippen molar-refractivity contribution in [1.29, 1.82) is 0 Å². The minimum absolute atomic E-state index is 0.183. The standard InChI is InChI=1S/C15H9F3N4/c1-8-4-5-22-12(6-8)21-13-14(22)20-10-3-2-9(15(16,17)18)7-11(10)19-13/h2-7H,1H3. The van der Waals surface area contributed by atoms with Crippen molar-refractivity contribution in [2.45, 2.75) is 13.1 Å².